The van der Waals surface area contributed by atoms with E-state index in [2.05, 4.69) is 36.2 Å². The number of hydrogen-bond acceptors (Lipinski definition) is 6. The molecule has 6 nitrogen and oxygen atoms in total. The fourth-order valence-electron chi connectivity index (χ4n) is 1.26. The maximum absolute atomic E-state index is 13.6. The van der Waals surface area contributed by atoms with Gasteiger partial charge in [0.2, 0.25) is 11.9 Å². The summed E-state index contributed by atoms with van der Waals surface area (Å²) in [6.07, 6.45) is 0. The predicted molar refractivity (Wildman–Crippen MR) is 68.1 cm³/mol. The Hall–Kier alpha value is -2.03. The minimum absolute atomic E-state index is 0.0169. The first-order chi connectivity index (χ1) is 8.99. The van der Waals surface area contributed by atoms with Gasteiger partial charge in [-0.1, -0.05) is 0 Å². The van der Waals surface area contributed by atoms with E-state index in [-0.39, 0.29) is 28.1 Å². The smallest absolute Gasteiger partial charge is 0.322 e. The van der Waals surface area contributed by atoms with E-state index >= 15 is 0 Å². The summed E-state index contributed by atoms with van der Waals surface area (Å²) >= 11 is 2.88. The standard InChI is InChI=1S/C10H8BrF2N5O/c1-19-10-17-8(14)16-9(18-10)15-7-3-5(12)4(11)2-6(7)13/h2-3H,1H3,(H3,14,15,16,17,18). The van der Waals surface area contributed by atoms with Crippen LogP contribution in [-0.4, -0.2) is 22.1 Å². The normalized spacial score (nSPS) is 10.3. The Morgan fingerprint density at radius 3 is 2.63 bits per heavy atom. The number of anilines is 3. The fourth-order valence-corrected chi connectivity index (χ4v) is 1.57. The summed E-state index contributed by atoms with van der Waals surface area (Å²) in [5.74, 6) is -1.46. The number of ether oxygens (including phenoxy) is 1. The lowest BCUT2D eigenvalue weighted by Gasteiger charge is -2.08. The van der Waals surface area contributed by atoms with Crippen LogP contribution in [0.4, 0.5) is 26.4 Å². The summed E-state index contributed by atoms with van der Waals surface area (Å²) in [5.41, 5.74) is 5.29. The number of halogens is 3. The van der Waals surface area contributed by atoms with Crippen LogP contribution < -0.4 is 15.8 Å². The Kier molecular flexibility index (Phi) is 3.74. The summed E-state index contributed by atoms with van der Waals surface area (Å²) in [4.78, 5) is 11.2. The number of hydrogen-bond donors (Lipinski definition) is 2. The lowest BCUT2D eigenvalue weighted by Crippen LogP contribution is -2.06. The van der Waals surface area contributed by atoms with Crippen LogP contribution in [0.2, 0.25) is 0 Å². The number of nitrogen functional groups attached to an aromatic ring is 1. The molecule has 0 amide bonds. The van der Waals surface area contributed by atoms with Crippen molar-refractivity contribution in [3.8, 4) is 6.01 Å². The topological polar surface area (TPSA) is 86.0 Å². The average Bonchev–Trinajstić information content (AvgIpc) is 2.35. The predicted octanol–water partition coefficient (Wildman–Crippen LogP) is 2.25. The van der Waals surface area contributed by atoms with E-state index in [0.29, 0.717) is 0 Å². The van der Waals surface area contributed by atoms with Gasteiger partial charge in [0.25, 0.3) is 0 Å². The van der Waals surface area contributed by atoms with Crippen molar-refractivity contribution in [3.05, 3.63) is 28.2 Å². The van der Waals surface area contributed by atoms with Crippen LogP contribution in [0.5, 0.6) is 6.01 Å². The monoisotopic (exact) mass is 331 g/mol. The zero-order chi connectivity index (χ0) is 14.0. The second kappa shape index (κ2) is 5.31. The highest BCUT2D eigenvalue weighted by Gasteiger charge is 2.11. The molecule has 1 heterocycles. The Morgan fingerprint density at radius 2 is 1.95 bits per heavy atom. The number of nitrogens with one attached hydrogen (secondary N) is 1. The van der Waals surface area contributed by atoms with Crippen LogP contribution >= 0.6 is 15.9 Å². The summed E-state index contributed by atoms with van der Waals surface area (Å²) in [5, 5.41) is 2.50. The molecule has 0 spiro atoms. The van der Waals surface area contributed by atoms with Crippen molar-refractivity contribution in [2.45, 2.75) is 0 Å². The Bertz CT molecular complexity index is 625. The molecule has 1 aromatic heterocycles. The fraction of sp³-hybridized carbons (Fsp3) is 0.100. The maximum atomic E-state index is 13.6. The van der Waals surface area contributed by atoms with E-state index in [1.54, 1.807) is 0 Å². The van der Waals surface area contributed by atoms with E-state index in [1.165, 1.54) is 7.11 Å². The quantitative estimate of drug-likeness (QED) is 0.839. The maximum Gasteiger partial charge on any atom is 0.322 e. The van der Waals surface area contributed by atoms with E-state index in [1.807, 2.05) is 0 Å². The third-order valence-corrected chi connectivity index (χ3v) is 2.68. The number of aromatic nitrogens is 3. The molecule has 0 radical (unpaired) electrons. The minimum Gasteiger partial charge on any atom is -0.467 e. The molecule has 0 atom stereocenters. The van der Waals surface area contributed by atoms with Gasteiger partial charge in [0.1, 0.15) is 11.6 Å². The van der Waals surface area contributed by atoms with Crippen molar-refractivity contribution in [3.63, 3.8) is 0 Å². The number of nitrogens with zero attached hydrogens (tertiary/aromatic N) is 3. The summed E-state index contributed by atoms with van der Waals surface area (Å²) in [6, 6.07) is 1.92. The average molecular weight is 332 g/mol. The molecule has 0 unspecified atom stereocenters. The number of benzene rings is 1. The van der Waals surface area contributed by atoms with Crippen LogP contribution in [0.3, 0.4) is 0 Å². The van der Waals surface area contributed by atoms with Crippen molar-refractivity contribution >= 4 is 33.5 Å². The van der Waals surface area contributed by atoms with Gasteiger partial charge in [-0.2, -0.15) is 15.0 Å². The summed E-state index contributed by atoms with van der Waals surface area (Å²) < 4.78 is 31.7. The van der Waals surface area contributed by atoms with Gasteiger partial charge in [-0.25, -0.2) is 8.78 Å². The van der Waals surface area contributed by atoms with Crippen molar-refractivity contribution in [1.29, 1.82) is 0 Å². The number of rotatable bonds is 3. The van der Waals surface area contributed by atoms with E-state index in [4.69, 9.17) is 10.5 Å². The third-order valence-electron chi connectivity index (χ3n) is 2.07. The van der Waals surface area contributed by atoms with Gasteiger partial charge < -0.3 is 15.8 Å². The van der Waals surface area contributed by atoms with Gasteiger partial charge in [-0.15, -0.1) is 0 Å². The second-order valence-electron chi connectivity index (χ2n) is 3.38. The molecule has 0 saturated carbocycles. The first kappa shape index (κ1) is 13.4. The van der Waals surface area contributed by atoms with Crippen molar-refractivity contribution in [1.82, 2.24) is 15.0 Å². The molecule has 19 heavy (non-hydrogen) atoms. The molecule has 3 N–H and O–H groups in total. The van der Waals surface area contributed by atoms with E-state index in [9.17, 15) is 8.78 Å². The highest BCUT2D eigenvalue weighted by molar-refractivity contribution is 9.10. The number of methoxy groups -OCH3 is 1. The highest BCUT2D eigenvalue weighted by atomic mass is 79.9. The van der Waals surface area contributed by atoms with Crippen molar-refractivity contribution in [2.24, 2.45) is 0 Å². The molecule has 0 fully saturated rings. The van der Waals surface area contributed by atoms with Gasteiger partial charge in [0.15, 0.2) is 0 Å². The largest absolute Gasteiger partial charge is 0.467 e. The minimum atomic E-state index is -0.675. The lowest BCUT2D eigenvalue weighted by molar-refractivity contribution is 0.380. The molecule has 1 aromatic carbocycles. The Morgan fingerprint density at radius 1 is 1.21 bits per heavy atom. The molecular formula is C10H8BrF2N5O. The van der Waals surface area contributed by atoms with Crippen LogP contribution in [0.25, 0.3) is 0 Å². The molecule has 0 aliphatic heterocycles. The van der Waals surface area contributed by atoms with Crippen molar-refractivity contribution in [2.75, 3.05) is 18.2 Å². The van der Waals surface area contributed by atoms with Gasteiger partial charge in [-0.3, -0.25) is 0 Å². The van der Waals surface area contributed by atoms with Crippen LogP contribution in [-0.2, 0) is 0 Å². The highest BCUT2D eigenvalue weighted by Crippen LogP contribution is 2.25. The van der Waals surface area contributed by atoms with Gasteiger partial charge in [0.05, 0.1) is 17.3 Å². The van der Waals surface area contributed by atoms with Crippen LogP contribution in [0.1, 0.15) is 0 Å². The van der Waals surface area contributed by atoms with Gasteiger partial charge >= 0.3 is 6.01 Å². The molecule has 0 aliphatic carbocycles. The zero-order valence-corrected chi connectivity index (χ0v) is 11.2. The molecule has 2 rings (SSSR count). The van der Waals surface area contributed by atoms with E-state index in [0.717, 1.165) is 12.1 Å². The first-order valence-electron chi connectivity index (χ1n) is 4.96. The summed E-state index contributed by atoms with van der Waals surface area (Å²) in [6.45, 7) is 0. The Balaban J connectivity index is 2.36. The van der Waals surface area contributed by atoms with Gasteiger partial charge in [0, 0.05) is 6.07 Å². The summed E-state index contributed by atoms with van der Waals surface area (Å²) in [7, 11) is 1.35. The Labute approximate surface area is 115 Å². The molecular weight excluding hydrogens is 324 g/mol. The van der Waals surface area contributed by atoms with Crippen LogP contribution in [0.15, 0.2) is 16.6 Å². The second-order valence-corrected chi connectivity index (χ2v) is 4.23. The SMILES string of the molecule is COc1nc(N)nc(Nc2cc(F)c(Br)cc2F)n1. The molecule has 100 valence electrons. The molecule has 0 saturated heterocycles. The lowest BCUT2D eigenvalue weighted by atomic mass is 10.3. The third kappa shape index (κ3) is 3.05. The molecule has 0 aliphatic rings. The molecule has 0 bridgehead atoms. The van der Waals surface area contributed by atoms with Crippen molar-refractivity contribution < 1.29 is 13.5 Å². The van der Waals surface area contributed by atoms with E-state index < -0.39 is 11.6 Å². The molecule has 9 heteroatoms. The number of nitrogens with two attached hydrogens (primary N) is 1. The van der Waals surface area contributed by atoms with Gasteiger partial charge in [-0.05, 0) is 22.0 Å². The zero-order valence-electron chi connectivity index (χ0n) is 9.62. The first-order valence-corrected chi connectivity index (χ1v) is 5.76. The van der Waals surface area contributed by atoms with Crippen LogP contribution in [0, 0.1) is 11.6 Å². The molecule has 2 aromatic rings.